The predicted molar refractivity (Wildman–Crippen MR) is 126 cm³/mol. The molecule has 0 aliphatic carbocycles. The fourth-order valence-corrected chi connectivity index (χ4v) is 11.2. The molecule has 1 aromatic rings. The molecule has 0 unspecified atom stereocenters. The fraction of sp³-hybridized carbons (Fsp3) is 0.696. The molecule has 1 saturated heterocycles. The minimum absolute atomic E-state index is 0.150. The maximum atomic E-state index is 11.5. The molecule has 0 radical (unpaired) electrons. The van der Waals surface area contributed by atoms with Crippen molar-refractivity contribution in [3.8, 4) is 11.5 Å². The molecule has 2 rings (SSSR count). The number of methoxy groups -OCH3 is 2. The standard InChI is InChI=1S/C23H38O5SSi/c1-16(2)30(17(3)4,18(5)6)28-20-10-9-19(13-21(20)25-7)23(14-27-15-23)29-12-11-22(24)26-8/h9-10,13,16-18H,11-12,14-15H2,1-8H3. The van der Waals surface area contributed by atoms with Gasteiger partial charge in [-0.05, 0) is 34.3 Å². The molecule has 7 heteroatoms. The molecule has 0 atom stereocenters. The largest absolute Gasteiger partial charge is 0.540 e. The summed E-state index contributed by atoms with van der Waals surface area (Å²) in [4.78, 5) is 11.5. The van der Waals surface area contributed by atoms with Crippen molar-refractivity contribution in [3.05, 3.63) is 23.8 Å². The zero-order chi connectivity index (χ0) is 22.5. The van der Waals surface area contributed by atoms with Gasteiger partial charge >= 0.3 is 5.97 Å². The van der Waals surface area contributed by atoms with Gasteiger partial charge in [0.25, 0.3) is 8.32 Å². The van der Waals surface area contributed by atoms with E-state index in [0.717, 1.165) is 17.1 Å². The van der Waals surface area contributed by atoms with Crippen LogP contribution in [-0.2, 0) is 19.0 Å². The predicted octanol–water partition coefficient (Wildman–Crippen LogP) is 5.77. The van der Waals surface area contributed by atoms with Crippen molar-refractivity contribution in [2.75, 3.05) is 33.2 Å². The second-order valence-electron chi connectivity index (χ2n) is 8.95. The van der Waals surface area contributed by atoms with Crippen LogP contribution in [0.15, 0.2) is 18.2 Å². The van der Waals surface area contributed by atoms with Crippen molar-refractivity contribution in [1.82, 2.24) is 0 Å². The lowest BCUT2D eigenvalue weighted by atomic mass is 9.96. The molecule has 5 nitrogen and oxygen atoms in total. The molecule has 30 heavy (non-hydrogen) atoms. The van der Waals surface area contributed by atoms with Gasteiger partial charge in [0.05, 0.1) is 38.6 Å². The summed E-state index contributed by atoms with van der Waals surface area (Å²) in [5.74, 6) is 2.11. The van der Waals surface area contributed by atoms with Gasteiger partial charge in [-0.15, -0.1) is 11.8 Å². The molecule has 1 fully saturated rings. The number of carbonyl (C=O) groups is 1. The van der Waals surface area contributed by atoms with Gasteiger partial charge in [0.1, 0.15) is 5.75 Å². The zero-order valence-electron chi connectivity index (χ0n) is 19.7. The topological polar surface area (TPSA) is 54.0 Å². The number of benzene rings is 1. The average Bonchev–Trinajstić information content (AvgIpc) is 2.67. The zero-order valence-corrected chi connectivity index (χ0v) is 21.6. The summed E-state index contributed by atoms with van der Waals surface area (Å²) in [6.45, 7) is 15.0. The molecular formula is C23H38O5SSi. The Labute approximate surface area is 187 Å². The monoisotopic (exact) mass is 454 g/mol. The van der Waals surface area contributed by atoms with E-state index < -0.39 is 8.32 Å². The van der Waals surface area contributed by atoms with Crippen molar-refractivity contribution in [2.24, 2.45) is 0 Å². The Morgan fingerprint density at radius 3 is 2.10 bits per heavy atom. The highest BCUT2D eigenvalue weighted by Gasteiger charge is 2.48. The third kappa shape index (κ3) is 5.00. The van der Waals surface area contributed by atoms with E-state index in [0.29, 0.717) is 42.0 Å². The van der Waals surface area contributed by atoms with Crippen LogP contribution in [0.2, 0.25) is 16.6 Å². The van der Waals surface area contributed by atoms with E-state index in [-0.39, 0.29) is 10.7 Å². The van der Waals surface area contributed by atoms with Gasteiger partial charge in [-0.3, -0.25) is 4.79 Å². The molecule has 1 aliphatic heterocycles. The summed E-state index contributed by atoms with van der Waals surface area (Å²) in [7, 11) is 1.05. The van der Waals surface area contributed by atoms with Crippen LogP contribution >= 0.6 is 11.8 Å². The molecule has 1 aromatic carbocycles. The van der Waals surface area contributed by atoms with Crippen molar-refractivity contribution >= 4 is 26.0 Å². The summed E-state index contributed by atoms with van der Waals surface area (Å²) in [6.07, 6.45) is 0.395. The van der Waals surface area contributed by atoms with E-state index in [1.165, 1.54) is 7.11 Å². The van der Waals surface area contributed by atoms with Gasteiger partial charge in [0, 0.05) is 5.75 Å². The minimum atomic E-state index is -2.07. The summed E-state index contributed by atoms with van der Waals surface area (Å²) in [5, 5.41) is 0. The lowest BCUT2D eigenvalue weighted by molar-refractivity contribution is -0.140. The van der Waals surface area contributed by atoms with Crippen LogP contribution in [0.4, 0.5) is 0 Å². The Balaban J connectivity index is 2.30. The Kier molecular flexibility index (Phi) is 8.71. The van der Waals surface area contributed by atoms with Crippen molar-refractivity contribution in [2.45, 2.75) is 69.3 Å². The molecule has 0 N–H and O–H groups in total. The number of carbonyl (C=O) groups excluding carboxylic acids is 1. The molecular weight excluding hydrogens is 416 g/mol. The van der Waals surface area contributed by atoms with E-state index in [4.69, 9.17) is 18.6 Å². The van der Waals surface area contributed by atoms with E-state index in [2.05, 4.69) is 59.7 Å². The van der Waals surface area contributed by atoms with Crippen LogP contribution in [0.3, 0.4) is 0 Å². The van der Waals surface area contributed by atoms with Gasteiger partial charge in [0.15, 0.2) is 5.75 Å². The SMILES string of the molecule is COC(=O)CCSC1(c2ccc(O[Si](C(C)C)(C(C)C)C(C)C)c(OC)c2)COC1. The van der Waals surface area contributed by atoms with Gasteiger partial charge in [-0.2, -0.15) is 0 Å². The van der Waals surface area contributed by atoms with Crippen LogP contribution in [0, 0.1) is 0 Å². The first kappa shape index (κ1) is 25.1. The van der Waals surface area contributed by atoms with Gasteiger partial charge in [-0.1, -0.05) is 47.6 Å². The second kappa shape index (κ2) is 10.4. The number of hydrogen-bond acceptors (Lipinski definition) is 6. The van der Waals surface area contributed by atoms with Crippen LogP contribution in [0.5, 0.6) is 11.5 Å². The normalized spacial score (nSPS) is 16.0. The smallest absolute Gasteiger partial charge is 0.306 e. The summed E-state index contributed by atoms with van der Waals surface area (Å²) < 4.78 is 22.8. The average molecular weight is 455 g/mol. The maximum absolute atomic E-state index is 11.5. The third-order valence-corrected chi connectivity index (χ3v) is 13.7. The Morgan fingerprint density at radius 1 is 1.07 bits per heavy atom. The number of esters is 1. The summed E-state index contributed by atoms with van der Waals surface area (Å²) in [5.41, 5.74) is 2.62. The highest BCUT2D eigenvalue weighted by molar-refractivity contribution is 8.00. The van der Waals surface area contributed by atoms with Crippen LogP contribution < -0.4 is 9.16 Å². The lowest BCUT2D eigenvalue weighted by Gasteiger charge is -2.43. The molecule has 0 amide bonds. The van der Waals surface area contributed by atoms with Crippen molar-refractivity contribution < 1.29 is 23.4 Å². The quantitative estimate of drug-likeness (QED) is 0.312. The van der Waals surface area contributed by atoms with Crippen LogP contribution in [-0.4, -0.2) is 47.5 Å². The molecule has 170 valence electrons. The Morgan fingerprint density at radius 2 is 1.67 bits per heavy atom. The first-order valence-electron chi connectivity index (χ1n) is 10.8. The molecule has 0 spiro atoms. The third-order valence-electron chi connectivity index (χ3n) is 6.27. The van der Waals surface area contributed by atoms with E-state index >= 15 is 0 Å². The highest BCUT2D eigenvalue weighted by atomic mass is 32.2. The Hall–Kier alpha value is -1.18. The number of hydrogen-bond donors (Lipinski definition) is 0. The van der Waals surface area contributed by atoms with Crippen molar-refractivity contribution in [1.29, 1.82) is 0 Å². The summed E-state index contributed by atoms with van der Waals surface area (Å²) in [6, 6.07) is 6.28. The fourth-order valence-electron chi connectivity index (χ4n) is 4.63. The van der Waals surface area contributed by atoms with Crippen molar-refractivity contribution in [3.63, 3.8) is 0 Å². The Bertz CT molecular complexity index is 694. The highest BCUT2D eigenvalue weighted by Crippen LogP contribution is 2.48. The number of rotatable bonds is 11. The number of ether oxygens (including phenoxy) is 3. The minimum Gasteiger partial charge on any atom is -0.540 e. The molecule has 0 bridgehead atoms. The first-order valence-corrected chi connectivity index (χ1v) is 13.9. The van der Waals surface area contributed by atoms with Gasteiger partial charge in [0.2, 0.25) is 0 Å². The van der Waals surface area contributed by atoms with Gasteiger partial charge in [-0.25, -0.2) is 0 Å². The van der Waals surface area contributed by atoms with E-state index in [1.807, 2.05) is 0 Å². The molecule has 1 aliphatic rings. The van der Waals surface area contributed by atoms with Gasteiger partial charge < -0.3 is 18.6 Å². The molecule has 0 saturated carbocycles. The van der Waals surface area contributed by atoms with E-state index in [9.17, 15) is 4.79 Å². The second-order valence-corrected chi connectivity index (χ2v) is 15.8. The van der Waals surface area contributed by atoms with Crippen LogP contribution in [0.25, 0.3) is 0 Å². The number of thioether (sulfide) groups is 1. The summed E-state index contributed by atoms with van der Waals surface area (Å²) >= 11 is 1.75. The van der Waals surface area contributed by atoms with E-state index in [1.54, 1.807) is 18.9 Å². The molecule has 0 aromatic heterocycles. The maximum Gasteiger partial charge on any atom is 0.306 e. The lowest BCUT2D eigenvalue weighted by Crippen LogP contribution is -2.50. The van der Waals surface area contributed by atoms with Crippen LogP contribution in [0.1, 0.15) is 53.5 Å². The molecule has 1 heterocycles. The first-order chi connectivity index (χ1) is 14.1.